The summed E-state index contributed by atoms with van der Waals surface area (Å²) in [6, 6.07) is 4.63. The lowest BCUT2D eigenvalue weighted by atomic mass is 9.73. The maximum Gasteiger partial charge on any atom is 0.165 e. The number of methoxy groups -OCH3 is 1. The zero-order chi connectivity index (χ0) is 15.5. The van der Waals surface area contributed by atoms with Crippen LogP contribution in [0, 0.1) is 11.7 Å². The Balaban J connectivity index is 2.26. The predicted octanol–water partition coefficient (Wildman–Crippen LogP) is 3.82. The Hall–Kier alpha value is -1.13. The Bertz CT molecular complexity index is 470. The number of hydrogen-bond donors (Lipinski definition) is 1. The molecule has 0 amide bonds. The van der Waals surface area contributed by atoms with E-state index in [9.17, 15) is 4.39 Å². The molecule has 1 fully saturated rings. The monoisotopic (exact) mass is 295 g/mol. The molecule has 0 aromatic heterocycles. The van der Waals surface area contributed by atoms with Crippen LogP contribution < -0.4 is 10.5 Å². The van der Waals surface area contributed by atoms with Gasteiger partial charge in [0.1, 0.15) is 0 Å². The van der Waals surface area contributed by atoms with Gasteiger partial charge < -0.3 is 15.2 Å². The molecule has 2 rings (SSSR count). The van der Waals surface area contributed by atoms with E-state index in [0.29, 0.717) is 12.5 Å². The fourth-order valence-electron chi connectivity index (χ4n) is 3.26. The number of halogens is 1. The minimum absolute atomic E-state index is 0.244. The molecule has 1 aliphatic carbocycles. The third kappa shape index (κ3) is 3.38. The Labute approximate surface area is 126 Å². The second kappa shape index (κ2) is 6.75. The molecule has 118 valence electrons. The van der Waals surface area contributed by atoms with Crippen LogP contribution >= 0.6 is 0 Å². The zero-order valence-electron chi connectivity index (χ0n) is 13.2. The molecule has 0 bridgehead atoms. The van der Waals surface area contributed by atoms with Gasteiger partial charge in [-0.15, -0.1) is 0 Å². The van der Waals surface area contributed by atoms with Crippen molar-refractivity contribution in [1.29, 1.82) is 0 Å². The van der Waals surface area contributed by atoms with Gasteiger partial charge in [0.2, 0.25) is 0 Å². The summed E-state index contributed by atoms with van der Waals surface area (Å²) in [5, 5.41) is 0. The van der Waals surface area contributed by atoms with Gasteiger partial charge in [0.15, 0.2) is 11.6 Å². The van der Waals surface area contributed by atoms with Gasteiger partial charge in [-0.25, -0.2) is 4.39 Å². The summed E-state index contributed by atoms with van der Waals surface area (Å²) in [5.74, 6) is 0.577. The summed E-state index contributed by atoms with van der Waals surface area (Å²) in [6.07, 6.45) is 4.06. The largest absolute Gasteiger partial charge is 0.494 e. The van der Waals surface area contributed by atoms with Gasteiger partial charge in [0.25, 0.3) is 0 Å². The highest BCUT2D eigenvalue weighted by Gasteiger charge is 2.41. The molecule has 0 aliphatic heterocycles. The van der Waals surface area contributed by atoms with Crippen LogP contribution in [-0.2, 0) is 4.74 Å². The van der Waals surface area contributed by atoms with Crippen LogP contribution in [0.25, 0.3) is 0 Å². The smallest absolute Gasteiger partial charge is 0.165 e. The molecule has 2 N–H and O–H groups in total. The number of ether oxygens (including phenoxy) is 2. The van der Waals surface area contributed by atoms with Gasteiger partial charge in [0, 0.05) is 6.61 Å². The van der Waals surface area contributed by atoms with Gasteiger partial charge in [-0.1, -0.05) is 13.0 Å². The first-order valence-corrected chi connectivity index (χ1v) is 7.75. The van der Waals surface area contributed by atoms with E-state index in [1.807, 2.05) is 13.0 Å². The molecule has 0 heterocycles. The first-order chi connectivity index (χ1) is 10.0. The maximum atomic E-state index is 13.9. The topological polar surface area (TPSA) is 44.5 Å². The molecule has 0 radical (unpaired) electrons. The zero-order valence-corrected chi connectivity index (χ0v) is 13.2. The summed E-state index contributed by atoms with van der Waals surface area (Å²) in [7, 11) is 1.46. The van der Waals surface area contributed by atoms with Crippen molar-refractivity contribution in [1.82, 2.24) is 0 Å². The van der Waals surface area contributed by atoms with Crippen molar-refractivity contribution in [2.24, 2.45) is 11.7 Å². The van der Waals surface area contributed by atoms with Gasteiger partial charge in [-0.05, 0) is 56.2 Å². The summed E-state index contributed by atoms with van der Waals surface area (Å²) in [4.78, 5) is 0. The number of hydrogen-bond acceptors (Lipinski definition) is 3. The molecule has 0 spiro atoms. The van der Waals surface area contributed by atoms with Crippen LogP contribution in [0.15, 0.2) is 18.2 Å². The fourth-order valence-corrected chi connectivity index (χ4v) is 3.26. The number of rotatable bonds is 5. The molecule has 1 aromatic rings. The Morgan fingerprint density at radius 1 is 1.38 bits per heavy atom. The summed E-state index contributed by atoms with van der Waals surface area (Å²) in [5.41, 5.74) is 6.87. The second-order valence-corrected chi connectivity index (χ2v) is 6.05. The SMILES string of the molecule is CCOC1(C(N)c2ccc(OC)c(F)c2)CCC(C)CC1. The molecular formula is C17H26FNO2. The van der Waals surface area contributed by atoms with Crippen molar-refractivity contribution in [3.8, 4) is 5.75 Å². The van der Waals surface area contributed by atoms with E-state index in [1.165, 1.54) is 13.2 Å². The molecule has 3 nitrogen and oxygen atoms in total. The van der Waals surface area contributed by atoms with Gasteiger partial charge >= 0.3 is 0 Å². The highest BCUT2D eigenvalue weighted by atomic mass is 19.1. The summed E-state index contributed by atoms with van der Waals surface area (Å²) in [6.45, 7) is 4.87. The minimum atomic E-state index is -0.374. The van der Waals surface area contributed by atoms with Crippen molar-refractivity contribution in [3.63, 3.8) is 0 Å². The fraction of sp³-hybridized carbons (Fsp3) is 0.647. The van der Waals surface area contributed by atoms with Gasteiger partial charge in [-0.2, -0.15) is 0 Å². The molecular weight excluding hydrogens is 269 g/mol. The molecule has 1 aliphatic rings. The van der Waals surface area contributed by atoms with Gasteiger partial charge in [0.05, 0.1) is 18.8 Å². The van der Waals surface area contributed by atoms with Crippen LogP contribution in [0.1, 0.15) is 51.1 Å². The van der Waals surface area contributed by atoms with E-state index in [0.717, 1.165) is 31.2 Å². The highest BCUT2D eigenvalue weighted by Crippen LogP contribution is 2.42. The van der Waals surface area contributed by atoms with Crippen LogP contribution in [0.5, 0.6) is 5.75 Å². The maximum absolute atomic E-state index is 13.9. The normalized spacial score (nSPS) is 27.4. The van der Waals surface area contributed by atoms with Crippen LogP contribution in [0.4, 0.5) is 4.39 Å². The van der Waals surface area contributed by atoms with Gasteiger partial charge in [-0.3, -0.25) is 0 Å². The Morgan fingerprint density at radius 2 is 2.05 bits per heavy atom. The van der Waals surface area contributed by atoms with Crippen molar-refractivity contribution < 1.29 is 13.9 Å². The molecule has 4 heteroatoms. The van der Waals surface area contributed by atoms with E-state index in [4.69, 9.17) is 15.2 Å². The van der Waals surface area contributed by atoms with E-state index in [1.54, 1.807) is 6.07 Å². The molecule has 1 atom stereocenters. The lowest BCUT2D eigenvalue weighted by Gasteiger charge is -2.43. The minimum Gasteiger partial charge on any atom is -0.494 e. The molecule has 21 heavy (non-hydrogen) atoms. The summed E-state index contributed by atoms with van der Waals surface area (Å²) >= 11 is 0. The van der Waals surface area contributed by atoms with Crippen molar-refractivity contribution in [2.75, 3.05) is 13.7 Å². The van der Waals surface area contributed by atoms with Crippen molar-refractivity contribution in [3.05, 3.63) is 29.6 Å². The van der Waals surface area contributed by atoms with E-state index in [2.05, 4.69) is 6.92 Å². The lowest BCUT2D eigenvalue weighted by Crippen LogP contribution is -2.46. The van der Waals surface area contributed by atoms with E-state index < -0.39 is 0 Å². The highest BCUT2D eigenvalue weighted by molar-refractivity contribution is 5.32. The van der Waals surface area contributed by atoms with E-state index >= 15 is 0 Å². The number of nitrogens with two attached hydrogens (primary N) is 1. The van der Waals surface area contributed by atoms with Crippen LogP contribution in [0.2, 0.25) is 0 Å². The molecule has 1 unspecified atom stereocenters. The number of benzene rings is 1. The van der Waals surface area contributed by atoms with Crippen LogP contribution in [-0.4, -0.2) is 19.3 Å². The first-order valence-electron chi connectivity index (χ1n) is 7.75. The molecule has 0 saturated heterocycles. The Kier molecular flexibility index (Phi) is 5.22. The molecule has 1 aromatic carbocycles. The third-order valence-electron chi connectivity index (χ3n) is 4.65. The lowest BCUT2D eigenvalue weighted by molar-refractivity contribution is -0.0897. The predicted molar refractivity (Wildman–Crippen MR) is 81.9 cm³/mol. The Morgan fingerprint density at radius 3 is 2.57 bits per heavy atom. The summed E-state index contributed by atoms with van der Waals surface area (Å²) < 4.78 is 24.9. The van der Waals surface area contributed by atoms with E-state index in [-0.39, 0.29) is 23.2 Å². The third-order valence-corrected chi connectivity index (χ3v) is 4.65. The average molecular weight is 295 g/mol. The van der Waals surface area contributed by atoms with Crippen molar-refractivity contribution in [2.45, 2.75) is 51.2 Å². The van der Waals surface area contributed by atoms with Crippen molar-refractivity contribution >= 4 is 0 Å². The first kappa shape index (κ1) is 16.2. The van der Waals surface area contributed by atoms with Crippen LogP contribution in [0.3, 0.4) is 0 Å². The molecule has 1 saturated carbocycles. The average Bonchev–Trinajstić information content (AvgIpc) is 2.49. The second-order valence-electron chi connectivity index (χ2n) is 6.05. The quantitative estimate of drug-likeness (QED) is 0.898. The standard InChI is InChI=1S/C17H26FNO2/c1-4-21-17(9-7-12(2)8-10-17)16(19)13-5-6-15(20-3)14(18)11-13/h5-6,11-12,16H,4,7-10,19H2,1-3H3.